The predicted octanol–water partition coefficient (Wildman–Crippen LogP) is 2.47. The minimum Gasteiger partial charge on any atom is -0.475 e. The molecule has 1 amide bonds. The molecule has 10 nitrogen and oxygen atoms in total. The first-order valence-corrected chi connectivity index (χ1v) is 10.8. The van der Waals surface area contributed by atoms with Crippen LogP contribution < -0.4 is 16.3 Å². The molecule has 1 aliphatic rings. The lowest BCUT2D eigenvalue weighted by Crippen LogP contribution is -2.37. The van der Waals surface area contributed by atoms with Gasteiger partial charge in [-0.2, -0.15) is 27.1 Å². The van der Waals surface area contributed by atoms with Crippen molar-refractivity contribution < 1.29 is 36.6 Å². The Morgan fingerprint density at radius 3 is 2.37 bits per heavy atom. The number of likely N-dealkylation sites (N-methyl/N-ethyl adjacent to an activating group) is 1. The third-order valence-electron chi connectivity index (χ3n) is 5.64. The highest BCUT2D eigenvalue weighted by atomic mass is 19.4. The van der Waals surface area contributed by atoms with Crippen molar-refractivity contribution in [2.45, 2.75) is 25.1 Å². The van der Waals surface area contributed by atoms with Crippen LogP contribution in [0.1, 0.15) is 17.2 Å². The van der Waals surface area contributed by atoms with E-state index in [0.29, 0.717) is 17.8 Å². The van der Waals surface area contributed by atoms with Gasteiger partial charge in [0.05, 0.1) is 30.0 Å². The van der Waals surface area contributed by atoms with E-state index < -0.39 is 36.4 Å². The molecule has 3 N–H and O–H groups in total. The molecule has 0 radical (unpaired) electrons. The molecule has 0 bridgehead atoms. The normalized spacial score (nSPS) is 14.9. The third-order valence-corrected chi connectivity index (χ3v) is 5.64. The lowest BCUT2D eigenvalue weighted by Gasteiger charge is -2.31. The number of alkyl halides is 3. The Bertz CT molecular complexity index is 1410. The molecule has 2 aromatic heterocycles. The molecule has 1 aromatic carbocycles. The van der Waals surface area contributed by atoms with E-state index in [1.165, 1.54) is 17.1 Å². The number of carboxylic acids is 1. The van der Waals surface area contributed by atoms with Gasteiger partial charge in [0.15, 0.2) is 0 Å². The van der Waals surface area contributed by atoms with Crippen molar-refractivity contribution in [3.05, 3.63) is 82.3 Å². The molecule has 0 saturated heterocycles. The van der Waals surface area contributed by atoms with Crippen LogP contribution in [0.5, 0.6) is 0 Å². The fourth-order valence-electron chi connectivity index (χ4n) is 3.65. The summed E-state index contributed by atoms with van der Waals surface area (Å²) in [5, 5.41) is 11.0. The first-order valence-electron chi connectivity index (χ1n) is 10.8. The molecule has 4 rings (SSSR count). The maximum Gasteiger partial charge on any atom is 0.490 e. The lowest BCUT2D eigenvalue weighted by atomic mass is 9.89. The van der Waals surface area contributed by atoms with Crippen LogP contribution in [0, 0.1) is 0 Å². The number of carbonyl (C=O) groups excluding carboxylic acids is 1. The fraction of sp³-hybridized carbons (Fsp3) is 0.261. The van der Waals surface area contributed by atoms with Crippen molar-refractivity contribution in [1.29, 1.82) is 0 Å². The summed E-state index contributed by atoms with van der Waals surface area (Å²) in [6.45, 7) is -0.761. The molecule has 202 valence electrons. The van der Waals surface area contributed by atoms with E-state index in [1.807, 2.05) is 24.3 Å². The molecular weight excluding hydrogens is 519 g/mol. The van der Waals surface area contributed by atoms with Crippen LogP contribution in [-0.2, 0) is 22.6 Å². The Balaban J connectivity index is 0.000000505. The number of amides is 1. The smallest absolute Gasteiger partial charge is 0.475 e. The monoisotopic (exact) mass is 540 g/mol. The number of carbonyl (C=O) groups is 2. The van der Waals surface area contributed by atoms with Crippen molar-refractivity contribution in [2.24, 2.45) is 5.73 Å². The van der Waals surface area contributed by atoms with Gasteiger partial charge in [0, 0.05) is 24.9 Å². The minimum absolute atomic E-state index is 0.0571. The second-order valence-electron chi connectivity index (χ2n) is 8.04. The summed E-state index contributed by atoms with van der Waals surface area (Å²) in [4.78, 5) is 40.3. The highest BCUT2D eigenvalue weighted by molar-refractivity contribution is 6.00. The summed E-state index contributed by atoms with van der Waals surface area (Å²) in [7, 11) is 1.74. The molecule has 0 spiro atoms. The number of hydrogen-bond acceptors (Lipinski definition) is 6. The molecule has 3 aromatic rings. The Kier molecular flexibility index (Phi) is 8.40. The van der Waals surface area contributed by atoms with Crippen LogP contribution in [0.2, 0.25) is 0 Å². The van der Waals surface area contributed by atoms with Crippen molar-refractivity contribution in [1.82, 2.24) is 19.3 Å². The number of halogens is 5. The number of nitrogens with zero attached hydrogens (tertiary/aromatic N) is 5. The maximum absolute atomic E-state index is 12.8. The number of pyridine rings is 1. The fourth-order valence-corrected chi connectivity index (χ4v) is 3.65. The average molecular weight is 540 g/mol. The van der Waals surface area contributed by atoms with Crippen molar-refractivity contribution in [3.8, 4) is 5.69 Å². The van der Waals surface area contributed by atoms with Gasteiger partial charge < -0.3 is 15.7 Å². The average Bonchev–Trinajstić information content (AvgIpc) is 3.24. The molecule has 3 heterocycles. The van der Waals surface area contributed by atoms with E-state index >= 15 is 0 Å². The highest BCUT2D eigenvalue weighted by Crippen LogP contribution is 2.33. The van der Waals surface area contributed by atoms with Gasteiger partial charge in [-0.3, -0.25) is 9.78 Å². The zero-order valence-corrected chi connectivity index (χ0v) is 19.7. The van der Waals surface area contributed by atoms with Crippen molar-refractivity contribution >= 4 is 17.6 Å². The molecular formula is C23H21F5N6O4. The number of para-hydroxylation sites is 1. The van der Waals surface area contributed by atoms with Crippen LogP contribution in [0.3, 0.4) is 0 Å². The second kappa shape index (κ2) is 11.3. The number of aromatic nitrogens is 4. The van der Waals surface area contributed by atoms with Gasteiger partial charge in [-0.05, 0) is 30.2 Å². The molecule has 0 aliphatic carbocycles. The molecule has 0 fully saturated rings. The topological polar surface area (TPSA) is 136 Å². The van der Waals surface area contributed by atoms with Gasteiger partial charge in [-0.15, -0.1) is 0 Å². The van der Waals surface area contributed by atoms with E-state index in [1.54, 1.807) is 24.1 Å². The highest BCUT2D eigenvalue weighted by Gasteiger charge is 2.38. The third kappa shape index (κ3) is 6.11. The molecule has 1 atom stereocenters. The number of carboxylic acid groups (broad SMARTS) is 1. The van der Waals surface area contributed by atoms with Gasteiger partial charge >= 0.3 is 17.8 Å². The Labute approximate surface area is 211 Å². The van der Waals surface area contributed by atoms with Crippen LogP contribution in [0.4, 0.5) is 27.6 Å². The van der Waals surface area contributed by atoms with E-state index in [2.05, 4.69) is 10.1 Å². The van der Waals surface area contributed by atoms with Crippen LogP contribution in [-0.4, -0.2) is 56.1 Å². The number of aliphatic carboxylic acids is 1. The van der Waals surface area contributed by atoms with Gasteiger partial charge in [0.2, 0.25) is 5.91 Å². The van der Waals surface area contributed by atoms with E-state index in [9.17, 15) is 31.5 Å². The van der Waals surface area contributed by atoms with Crippen LogP contribution in [0.15, 0.2) is 65.4 Å². The Morgan fingerprint density at radius 2 is 1.82 bits per heavy atom. The molecule has 1 aliphatic heterocycles. The van der Waals surface area contributed by atoms with Crippen molar-refractivity contribution in [3.63, 3.8) is 0 Å². The van der Waals surface area contributed by atoms with Gasteiger partial charge in [0.1, 0.15) is 6.33 Å². The Morgan fingerprint density at radius 1 is 1.16 bits per heavy atom. The molecule has 15 heteroatoms. The van der Waals surface area contributed by atoms with E-state index in [-0.39, 0.29) is 18.0 Å². The first kappa shape index (κ1) is 28.2. The van der Waals surface area contributed by atoms with Gasteiger partial charge in [-0.25, -0.2) is 18.8 Å². The zero-order valence-electron chi connectivity index (χ0n) is 19.7. The first-order chi connectivity index (χ1) is 17.8. The second-order valence-corrected chi connectivity index (χ2v) is 8.04. The summed E-state index contributed by atoms with van der Waals surface area (Å²) in [6.07, 6.45) is -3.77. The summed E-state index contributed by atoms with van der Waals surface area (Å²) in [5.74, 6) is -3.25. The number of nitrogens with two attached hydrogens (primary N) is 1. The maximum atomic E-state index is 12.8. The predicted molar refractivity (Wildman–Crippen MR) is 124 cm³/mol. The molecule has 0 saturated carbocycles. The SMILES string of the molecule is CN1C(=O)C(c2ccc(-n3cnn(CC(CN)=C(F)F)c3=O)cn2)Cc2ccccc21.O=C(O)C(F)(F)F. The lowest BCUT2D eigenvalue weighted by molar-refractivity contribution is -0.192. The van der Waals surface area contributed by atoms with E-state index in [0.717, 1.165) is 15.9 Å². The van der Waals surface area contributed by atoms with E-state index in [4.69, 9.17) is 15.6 Å². The number of hydrogen-bond donors (Lipinski definition) is 2. The van der Waals surface area contributed by atoms with Crippen LogP contribution in [0.25, 0.3) is 5.69 Å². The number of benzene rings is 1. The largest absolute Gasteiger partial charge is 0.490 e. The minimum atomic E-state index is -5.08. The van der Waals surface area contributed by atoms with Gasteiger partial charge in [-0.1, -0.05) is 18.2 Å². The summed E-state index contributed by atoms with van der Waals surface area (Å²) >= 11 is 0. The summed E-state index contributed by atoms with van der Waals surface area (Å²) in [5.41, 5.74) is 7.29. The number of fused-ring (bicyclic) bond motifs is 1. The van der Waals surface area contributed by atoms with Crippen LogP contribution >= 0.6 is 0 Å². The van der Waals surface area contributed by atoms with Crippen molar-refractivity contribution in [2.75, 3.05) is 18.5 Å². The number of anilines is 1. The molecule has 1 unspecified atom stereocenters. The zero-order chi connectivity index (χ0) is 28.2. The van der Waals surface area contributed by atoms with Gasteiger partial charge in [0.25, 0.3) is 6.08 Å². The Hall–Kier alpha value is -4.40. The molecule has 38 heavy (non-hydrogen) atoms. The number of rotatable bonds is 5. The standard InChI is InChI=1S/C21H20F2N6O2.C2HF3O2/c1-27-18-5-3-2-4-13(18)8-16(20(27)30)17-7-6-15(10-25-17)28-12-26-29(21(28)31)11-14(9-24)19(22)23;3-2(4,5)1(6)7/h2-7,10,12,16H,8-9,11,24H2,1H3;(H,6,7). The summed E-state index contributed by atoms with van der Waals surface area (Å²) < 4.78 is 59.5. The quantitative estimate of drug-likeness (QED) is 0.475. The summed E-state index contributed by atoms with van der Waals surface area (Å²) in [6, 6.07) is 11.1.